The second-order valence-electron chi connectivity index (χ2n) is 4.40. The number of aliphatic hydroxyl groups is 1. The Hall–Kier alpha value is -2.91. The lowest BCUT2D eigenvalue weighted by molar-refractivity contribution is -0.445. The summed E-state index contributed by atoms with van der Waals surface area (Å²) in [6.45, 7) is 7.42. The highest BCUT2D eigenvalue weighted by Crippen LogP contribution is 2.07. The van der Waals surface area contributed by atoms with Gasteiger partial charge in [-0.05, 0) is 76.0 Å². The Bertz CT molecular complexity index is 930. The van der Waals surface area contributed by atoms with Crippen molar-refractivity contribution >= 4 is 0 Å². The Balaban J connectivity index is -0.0000000202. The third kappa shape index (κ3) is 12.8. The molecule has 0 aromatic carbocycles. The van der Waals surface area contributed by atoms with Gasteiger partial charge in [-0.1, -0.05) is 25.3 Å². The van der Waals surface area contributed by atoms with Crippen LogP contribution in [0.3, 0.4) is 0 Å². The van der Waals surface area contributed by atoms with Gasteiger partial charge in [0.05, 0.1) is 0 Å². The molecule has 0 saturated heterocycles. The van der Waals surface area contributed by atoms with Gasteiger partial charge in [-0.2, -0.15) is 0 Å². The number of halogens is 1. The smallest absolute Gasteiger partial charge is 0.132 e. The molecule has 3 atom stereocenters. The van der Waals surface area contributed by atoms with Gasteiger partial charge in [0.2, 0.25) is 0 Å². The third-order valence-electron chi connectivity index (χ3n) is 2.85. The molecule has 0 radical (unpaired) electrons. The normalized spacial score (nSPS) is 10.3. The number of hydrogen-bond acceptors (Lipinski definition) is 1. The molecule has 0 heterocycles. The minimum absolute atomic E-state index is 0. The summed E-state index contributed by atoms with van der Waals surface area (Å²) < 4.78 is 0. The molecule has 0 aliphatic carbocycles. The van der Waals surface area contributed by atoms with Crippen LogP contribution in [0.5, 0.6) is 0 Å². The van der Waals surface area contributed by atoms with Crippen molar-refractivity contribution in [1.29, 1.82) is 0 Å². The Labute approximate surface area is 171 Å². The largest absolute Gasteiger partial charge is 1.00 e. The van der Waals surface area contributed by atoms with Crippen LogP contribution < -0.4 is 18.1 Å². The zero-order chi connectivity index (χ0) is 17.3. The Kier molecular flexibility index (Phi) is 16.0. The number of rotatable bonds is 4. The van der Waals surface area contributed by atoms with Gasteiger partial charge in [0.15, 0.2) is 0 Å². The first-order valence-corrected chi connectivity index (χ1v) is 7.00. The second kappa shape index (κ2) is 16.5. The van der Waals surface area contributed by atoms with Crippen LogP contribution in [0.15, 0.2) is 87.2 Å². The summed E-state index contributed by atoms with van der Waals surface area (Å²) in [5.74, 6) is 0.336. The first kappa shape index (κ1) is 23.4. The van der Waals surface area contributed by atoms with E-state index in [-0.39, 0.29) is 39.8 Å². The number of aliphatic hydroxyl groups excluding tert-OH is 1. The molecule has 0 bridgehead atoms. The second-order valence-corrected chi connectivity index (χ2v) is 4.40. The summed E-state index contributed by atoms with van der Waals surface area (Å²) in [5.41, 5.74) is 36.7. The van der Waals surface area contributed by atoms with Crippen molar-refractivity contribution in [3.63, 3.8) is 0 Å². The summed E-state index contributed by atoms with van der Waals surface area (Å²) in [7, 11) is 0. The van der Waals surface area contributed by atoms with Gasteiger partial charge in [0, 0.05) is 33.4 Å². The lowest BCUT2D eigenvalue weighted by atomic mass is 9.95. The average Bonchev–Trinajstić information content (AvgIpc) is 2.57. The molecule has 0 amide bonds. The Morgan fingerprint density at radius 1 is 0.958 bits per heavy atom. The molecule has 0 spiro atoms. The summed E-state index contributed by atoms with van der Waals surface area (Å²) in [6, 6.07) is -0.0764. The van der Waals surface area contributed by atoms with E-state index in [4.69, 9.17) is 0 Å². The minimum Gasteiger partial charge on any atom is -1.00 e. The van der Waals surface area contributed by atoms with Crippen molar-refractivity contribution in [2.45, 2.75) is 32.4 Å². The van der Waals surface area contributed by atoms with Crippen LogP contribution in [0.4, 0.5) is 0 Å². The highest BCUT2D eigenvalue weighted by molar-refractivity contribution is 4.95. The zero-order valence-corrected chi connectivity index (χ0v) is 14.5. The van der Waals surface area contributed by atoms with Crippen LogP contribution in [0, 0.1) is 5.92 Å². The SMILES string of the molecule is C=C=C=C=C=C=C=C=C=C=C=C=C=C=C[C@H](O)[C@@H]([NH3+])[C@@H](C)CC.[Cl-].[HH].[HH].[HH].[HH].[HH].[HH].[HH].[HH].[HH].[HH].[HH].[HH].[HH].[HH].[HH]. The third-order valence-corrected chi connectivity index (χ3v) is 2.85. The lowest BCUT2D eigenvalue weighted by Gasteiger charge is -2.17. The van der Waals surface area contributed by atoms with Gasteiger partial charge in [-0.25, -0.2) is 0 Å². The quantitative estimate of drug-likeness (QED) is 0.739. The molecule has 0 unspecified atom stereocenters. The van der Waals surface area contributed by atoms with Gasteiger partial charge >= 0.3 is 0 Å². The van der Waals surface area contributed by atoms with E-state index in [9.17, 15) is 5.11 Å². The Morgan fingerprint density at radius 2 is 1.38 bits per heavy atom. The maximum atomic E-state index is 9.85. The molecule has 24 heavy (non-hydrogen) atoms. The minimum atomic E-state index is -0.656. The van der Waals surface area contributed by atoms with Crippen LogP contribution in [0.2, 0.25) is 0 Å². The molecule has 0 aromatic heterocycles. The van der Waals surface area contributed by atoms with Gasteiger partial charge in [0.25, 0.3) is 0 Å². The lowest BCUT2D eigenvalue weighted by Crippen LogP contribution is -3.00. The maximum absolute atomic E-state index is 9.85. The van der Waals surface area contributed by atoms with Crippen LogP contribution in [0.25, 0.3) is 0 Å². The van der Waals surface area contributed by atoms with E-state index < -0.39 is 6.10 Å². The fraction of sp³-hybridized carbons (Fsp3) is 0.286. The van der Waals surface area contributed by atoms with Crippen LogP contribution >= 0.6 is 0 Å². The summed E-state index contributed by atoms with van der Waals surface area (Å²) >= 11 is 0. The molecule has 2 nitrogen and oxygen atoms in total. The molecule has 0 aliphatic rings. The van der Waals surface area contributed by atoms with E-state index in [2.05, 4.69) is 93.7 Å². The molecule has 3 heteroatoms. The zero-order valence-electron chi connectivity index (χ0n) is 13.8. The fourth-order valence-corrected chi connectivity index (χ4v) is 1.25. The number of hydrogen-bond donors (Lipinski definition) is 2. The van der Waals surface area contributed by atoms with Gasteiger partial charge in [-0.15, -0.1) is 0 Å². The van der Waals surface area contributed by atoms with Crippen LogP contribution in [0.1, 0.15) is 41.7 Å². The molecular weight excluding hydrogens is 318 g/mol. The highest BCUT2D eigenvalue weighted by Gasteiger charge is 2.21. The van der Waals surface area contributed by atoms with Crippen molar-refractivity contribution < 1.29 is 44.6 Å². The van der Waals surface area contributed by atoms with E-state index in [1.807, 2.05) is 6.92 Å². The highest BCUT2D eigenvalue weighted by atomic mass is 35.5. The summed E-state index contributed by atoms with van der Waals surface area (Å²) in [6.07, 6.45) is 1.81. The van der Waals surface area contributed by atoms with Crippen molar-refractivity contribution in [2.24, 2.45) is 5.92 Å². The molecular formula is C21H48ClNO. The van der Waals surface area contributed by atoms with E-state index >= 15 is 0 Å². The topological polar surface area (TPSA) is 47.9 Å². The summed E-state index contributed by atoms with van der Waals surface area (Å²) in [5, 5.41) is 9.85. The first-order chi connectivity index (χ1) is 11.1. The molecule has 4 N–H and O–H groups in total. The van der Waals surface area contributed by atoms with E-state index in [1.54, 1.807) is 0 Å². The Morgan fingerprint density at radius 3 is 1.79 bits per heavy atom. The maximum Gasteiger partial charge on any atom is 0.132 e. The van der Waals surface area contributed by atoms with E-state index in [1.165, 1.54) is 6.08 Å². The molecule has 0 rings (SSSR count). The predicted molar refractivity (Wildman–Crippen MR) is 120 cm³/mol. The molecule has 0 aromatic rings. The first-order valence-electron chi connectivity index (χ1n) is 7.00. The summed E-state index contributed by atoms with van der Waals surface area (Å²) in [4.78, 5) is 0. The van der Waals surface area contributed by atoms with Gasteiger partial charge in [-0.3, -0.25) is 0 Å². The van der Waals surface area contributed by atoms with Crippen LogP contribution in [-0.2, 0) is 0 Å². The van der Waals surface area contributed by atoms with Crippen molar-refractivity contribution in [3.8, 4) is 0 Å². The van der Waals surface area contributed by atoms with Crippen molar-refractivity contribution in [3.05, 3.63) is 87.2 Å². The molecule has 0 fully saturated rings. The van der Waals surface area contributed by atoms with E-state index in [0.29, 0.717) is 5.92 Å². The monoisotopic (exact) mass is 365 g/mol. The van der Waals surface area contributed by atoms with Crippen LogP contribution in [-0.4, -0.2) is 17.3 Å². The van der Waals surface area contributed by atoms with Gasteiger partial charge in [0.1, 0.15) is 12.1 Å². The molecule has 0 aliphatic heterocycles. The molecule has 150 valence electrons. The number of quaternary nitrogens is 1. The van der Waals surface area contributed by atoms with E-state index in [0.717, 1.165) is 6.42 Å². The predicted octanol–water partition coefficient (Wildman–Crippen LogP) is 2.90. The molecule has 0 saturated carbocycles. The average molecular weight is 366 g/mol. The van der Waals surface area contributed by atoms with Gasteiger partial charge < -0.3 is 23.2 Å². The standard InChI is InChI=1S/C21H17NO.ClH.15H2/c1-4-6-7-8-9-10-11-12-13-14-15-16-17-18-20(23)21(22)19(3)5-2;;;;;;;;;;;;;;;;/h18-21,23H,1,5,22H2,2-3H3;16*1H/t19-,20-,21-;;;;;;;;;;;;;;;;/m0................/s1. The van der Waals surface area contributed by atoms with Crippen molar-refractivity contribution in [2.75, 3.05) is 0 Å². The van der Waals surface area contributed by atoms with Crippen molar-refractivity contribution in [1.82, 2.24) is 0 Å². The fourth-order valence-electron chi connectivity index (χ4n) is 1.25.